The number of likely N-dealkylation sites (tertiary alicyclic amines) is 1. The van der Waals surface area contributed by atoms with Crippen LogP contribution in [0.15, 0.2) is 60.0 Å². The molecule has 0 aliphatic carbocycles. The van der Waals surface area contributed by atoms with Crippen molar-refractivity contribution in [1.82, 2.24) is 15.2 Å². The summed E-state index contributed by atoms with van der Waals surface area (Å²) in [5.41, 5.74) is 2.57. The van der Waals surface area contributed by atoms with Gasteiger partial charge in [0.05, 0.1) is 12.1 Å². The third kappa shape index (κ3) is 5.28. The van der Waals surface area contributed by atoms with Gasteiger partial charge >= 0.3 is 0 Å². The number of nitrogens with one attached hydrogen (secondary N) is 1. The van der Waals surface area contributed by atoms with Gasteiger partial charge in [-0.05, 0) is 25.5 Å². The van der Waals surface area contributed by atoms with Crippen molar-refractivity contribution in [2.75, 3.05) is 13.1 Å². The second-order valence-corrected chi connectivity index (χ2v) is 8.28. The van der Waals surface area contributed by atoms with Gasteiger partial charge in [0.15, 0.2) is 0 Å². The molecule has 29 heavy (non-hydrogen) atoms. The molecule has 6 heteroatoms. The van der Waals surface area contributed by atoms with Crippen LogP contribution in [0.25, 0.3) is 10.6 Å². The summed E-state index contributed by atoms with van der Waals surface area (Å²) in [7, 11) is 0. The van der Waals surface area contributed by atoms with Crippen molar-refractivity contribution in [2.45, 2.75) is 31.8 Å². The number of nitrogens with zero attached hydrogens (tertiary/aromatic N) is 2. The van der Waals surface area contributed by atoms with Gasteiger partial charge in [0.25, 0.3) is 0 Å². The van der Waals surface area contributed by atoms with Crippen molar-refractivity contribution < 1.29 is 9.18 Å². The second-order valence-electron chi connectivity index (χ2n) is 7.42. The molecule has 1 N–H and O–H groups in total. The zero-order chi connectivity index (χ0) is 20.1. The standard InChI is InChI=1S/C23H24FN3OS/c24-21-11-5-4-9-18(21)14-27-12-6-10-19(15-27)25-22(28)13-20-16-29-23(26-20)17-7-2-1-3-8-17/h1-5,7-9,11,16,19H,6,10,12-15H2,(H,25,28)/t19-/m0/s1. The van der Waals surface area contributed by atoms with E-state index in [1.165, 1.54) is 6.07 Å². The molecule has 1 aliphatic rings. The lowest BCUT2D eigenvalue weighted by Gasteiger charge is -2.33. The van der Waals surface area contributed by atoms with Gasteiger partial charge in [0.2, 0.25) is 5.91 Å². The molecule has 4 nitrogen and oxygen atoms in total. The van der Waals surface area contributed by atoms with Crippen LogP contribution in [0.2, 0.25) is 0 Å². The van der Waals surface area contributed by atoms with E-state index in [2.05, 4.69) is 15.2 Å². The fourth-order valence-electron chi connectivity index (χ4n) is 3.73. The number of aromatic nitrogens is 1. The Labute approximate surface area is 174 Å². The van der Waals surface area contributed by atoms with E-state index in [0.717, 1.165) is 42.2 Å². The van der Waals surface area contributed by atoms with Gasteiger partial charge in [0.1, 0.15) is 10.8 Å². The van der Waals surface area contributed by atoms with Crippen LogP contribution >= 0.6 is 11.3 Å². The molecule has 0 saturated carbocycles. The number of amides is 1. The lowest BCUT2D eigenvalue weighted by atomic mass is 10.0. The van der Waals surface area contributed by atoms with Crippen molar-refractivity contribution in [1.29, 1.82) is 0 Å². The lowest BCUT2D eigenvalue weighted by molar-refractivity contribution is -0.121. The first kappa shape index (κ1) is 19.7. The molecule has 4 rings (SSSR count). The number of piperidine rings is 1. The van der Waals surface area contributed by atoms with E-state index in [9.17, 15) is 9.18 Å². The fourth-order valence-corrected chi connectivity index (χ4v) is 4.56. The summed E-state index contributed by atoms with van der Waals surface area (Å²) in [6.07, 6.45) is 2.23. The molecule has 2 heterocycles. The van der Waals surface area contributed by atoms with E-state index in [1.807, 2.05) is 47.8 Å². The first-order valence-corrected chi connectivity index (χ1v) is 10.8. The molecule has 2 aromatic carbocycles. The molecule has 0 spiro atoms. The van der Waals surface area contributed by atoms with Crippen molar-refractivity contribution in [2.24, 2.45) is 0 Å². The highest BCUT2D eigenvalue weighted by Gasteiger charge is 2.22. The number of rotatable bonds is 6. The van der Waals surface area contributed by atoms with Crippen LogP contribution in [0.4, 0.5) is 4.39 Å². The summed E-state index contributed by atoms with van der Waals surface area (Å²) in [4.78, 5) is 19.3. The average molecular weight is 410 g/mol. The maximum Gasteiger partial charge on any atom is 0.226 e. The first-order chi connectivity index (χ1) is 14.2. The Bertz CT molecular complexity index is 960. The van der Waals surface area contributed by atoms with E-state index in [1.54, 1.807) is 17.4 Å². The minimum absolute atomic E-state index is 0.00680. The zero-order valence-electron chi connectivity index (χ0n) is 16.2. The molecule has 1 aromatic heterocycles. The number of hydrogen-bond donors (Lipinski definition) is 1. The Morgan fingerprint density at radius 3 is 2.79 bits per heavy atom. The molecule has 0 radical (unpaired) electrons. The minimum atomic E-state index is -0.170. The van der Waals surface area contributed by atoms with Gasteiger partial charge in [-0.1, -0.05) is 48.5 Å². The van der Waals surface area contributed by atoms with Crippen molar-refractivity contribution in [3.8, 4) is 10.6 Å². The molecule has 3 aromatic rings. The smallest absolute Gasteiger partial charge is 0.226 e. The molecule has 0 unspecified atom stereocenters. The van der Waals surface area contributed by atoms with E-state index in [0.29, 0.717) is 12.1 Å². The SMILES string of the molecule is O=C(Cc1csc(-c2ccccc2)n1)N[C@H]1CCCN(Cc2ccccc2F)C1. The second kappa shape index (κ2) is 9.29. The molecular formula is C23H24FN3OS. The summed E-state index contributed by atoms with van der Waals surface area (Å²) >= 11 is 1.56. The molecule has 150 valence electrons. The van der Waals surface area contributed by atoms with E-state index < -0.39 is 0 Å². The van der Waals surface area contributed by atoms with Crippen LogP contribution in [0.1, 0.15) is 24.1 Å². The summed E-state index contributed by atoms with van der Waals surface area (Å²) in [5, 5.41) is 6.02. The van der Waals surface area contributed by atoms with Gasteiger partial charge in [-0.25, -0.2) is 9.37 Å². The van der Waals surface area contributed by atoms with Crippen LogP contribution in [0.5, 0.6) is 0 Å². The largest absolute Gasteiger partial charge is 0.352 e. The van der Waals surface area contributed by atoms with Crippen LogP contribution in [0, 0.1) is 5.82 Å². The highest BCUT2D eigenvalue weighted by atomic mass is 32.1. The van der Waals surface area contributed by atoms with Crippen LogP contribution in [-0.4, -0.2) is 34.9 Å². The fraction of sp³-hybridized carbons (Fsp3) is 0.304. The third-order valence-corrected chi connectivity index (χ3v) is 6.08. The molecule has 1 fully saturated rings. The highest BCUT2D eigenvalue weighted by Crippen LogP contribution is 2.23. The van der Waals surface area contributed by atoms with Crippen LogP contribution < -0.4 is 5.32 Å². The monoisotopic (exact) mass is 409 g/mol. The lowest BCUT2D eigenvalue weighted by Crippen LogP contribution is -2.47. The molecule has 1 aliphatic heterocycles. The van der Waals surface area contributed by atoms with Crippen molar-refractivity contribution in [3.63, 3.8) is 0 Å². The minimum Gasteiger partial charge on any atom is -0.352 e. The van der Waals surface area contributed by atoms with Gasteiger partial charge in [-0.2, -0.15) is 0 Å². The summed E-state index contributed by atoms with van der Waals surface area (Å²) < 4.78 is 13.9. The highest BCUT2D eigenvalue weighted by molar-refractivity contribution is 7.13. The Kier molecular flexibility index (Phi) is 6.32. The van der Waals surface area contributed by atoms with E-state index >= 15 is 0 Å². The molecular weight excluding hydrogens is 385 g/mol. The number of thiazole rings is 1. The third-order valence-electron chi connectivity index (χ3n) is 5.14. The summed E-state index contributed by atoms with van der Waals surface area (Å²) in [6.45, 7) is 2.24. The van der Waals surface area contributed by atoms with Crippen molar-refractivity contribution >= 4 is 17.2 Å². The normalized spacial score (nSPS) is 17.2. The first-order valence-electron chi connectivity index (χ1n) is 9.92. The van der Waals surface area contributed by atoms with E-state index in [4.69, 9.17) is 0 Å². The Balaban J connectivity index is 1.30. The van der Waals surface area contributed by atoms with Crippen molar-refractivity contribution in [3.05, 3.63) is 77.1 Å². The molecule has 1 atom stereocenters. The molecule has 1 saturated heterocycles. The van der Waals surface area contributed by atoms with E-state index in [-0.39, 0.29) is 24.2 Å². The predicted molar refractivity (Wildman–Crippen MR) is 114 cm³/mol. The van der Waals surface area contributed by atoms with Gasteiger partial charge in [-0.3, -0.25) is 9.69 Å². The van der Waals surface area contributed by atoms with Gasteiger partial charge in [0, 0.05) is 35.6 Å². The Morgan fingerprint density at radius 2 is 1.97 bits per heavy atom. The summed E-state index contributed by atoms with van der Waals surface area (Å²) in [5.74, 6) is -0.177. The van der Waals surface area contributed by atoms with Gasteiger partial charge in [-0.15, -0.1) is 11.3 Å². The number of carbonyl (C=O) groups is 1. The quantitative estimate of drug-likeness (QED) is 0.661. The number of halogens is 1. The topological polar surface area (TPSA) is 45.2 Å². The predicted octanol–water partition coefficient (Wildman–Crippen LogP) is 4.27. The number of hydrogen-bond acceptors (Lipinski definition) is 4. The Hall–Kier alpha value is -2.57. The maximum atomic E-state index is 13.9. The summed E-state index contributed by atoms with van der Waals surface area (Å²) in [6, 6.07) is 17.0. The van der Waals surface area contributed by atoms with Crippen LogP contribution in [-0.2, 0) is 17.8 Å². The molecule has 0 bridgehead atoms. The van der Waals surface area contributed by atoms with Crippen LogP contribution in [0.3, 0.4) is 0 Å². The number of benzene rings is 2. The average Bonchev–Trinajstić information content (AvgIpc) is 3.19. The molecule has 1 amide bonds. The zero-order valence-corrected chi connectivity index (χ0v) is 17.0. The maximum absolute atomic E-state index is 13.9. The van der Waals surface area contributed by atoms with Gasteiger partial charge < -0.3 is 5.32 Å². The number of carbonyl (C=O) groups excluding carboxylic acids is 1. The Morgan fingerprint density at radius 1 is 1.17 bits per heavy atom.